The Morgan fingerprint density at radius 3 is 2.85 bits per heavy atom. The summed E-state index contributed by atoms with van der Waals surface area (Å²) >= 11 is 0. The summed E-state index contributed by atoms with van der Waals surface area (Å²) in [5.41, 5.74) is -0.541. The van der Waals surface area contributed by atoms with Gasteiger partial charge in [-0.25, -0.2) is 8.78 Å². The molecule has 0 aliphatic carbocycles. The third kappa shape index (κ3) is 2.49. The number of aldehydes is 1. The Labute approximate surface area is 110 Å². The Morgan fingerprint density at radius 2 is 2.25 bits per heavy atom. The SMILES string of the molecule is N#CC(=CNc1c(C=O)ccc(F)c1F)c1nn[nH]n1. The zero-order valence-electron chi connectivity index (χ0n) is 9.76. The van der Waals surface area contributed by atoms with Gasteiger partial charge in [-0.05, 0) is 17.3 Å². The predicted molar refractivity (Wildman–Crippen MR) is 63.1 cm³/mol. The summed E-state index contributed by atoms with van der Waals surface area (Å²) in [7, 11) is 0. The van der Waals surface area contributed by atoms with Crippen LogP contribution < -0.4 is 5.32 Å². The minimum atomic E-state index is -1.23. The lowest BCUT2D eigenvalue weighted by Gasteiger charge is -2.06. The number of carbonyl (C=O) groups excluding carboxylic acids is 1. The van der Waals surface area contributed by atoms with Gasteiger partial charge < -0.3 is 5.32 Å². The largest absolute Gasteiger partial charge is 0.357 e. The standard InChI is InChI=1S/C11H6F2N6O/c12-8-2-1-6(5-20)10(9(8)13)15-4-7(3-14)11-16-18-19-17-11/h1-2,4-5,15H,(H,16,17,18,19). The van der Waals surface area contributed by atoms with E-state index in [9.17, 15) is 13.6 Å². The van der Waals surface area contributed by atoms with Crippen molar-refractivity contribution in [3.63, 3.8) is 0 Å². The zero-order chi connectivity index (χ0) is 14.5. The maximum Gasteiger partial charge on any atom is 0.216 e. The molecule has 0 saturated heterocycles. The van der Waals surface area contributed by atoms with Gasteiger partial charge in [0, 0.05) is 11.8 Å². The fourth-order valence-corrected chi connectivity index (χ4v) is 1.38. The number of carbonyl (C=O) groups is 1. The van der Waals surface area contributed by atoms with Crippen molar-refractivity contribution in [3.05, 3.63) is 41.4 Å². The van der Waals surface area contributed by atoms with Crippen molar-refractivity contribution in [3.8, 4) is 6.07 Å². The Kier molecular flexibility index (Phi) is 3.76. The number of allylic oxidation sites excluding steroid dienone is 1. The van der Waals surface area contributed by atoms with E-state index < -0.39 is 11.6 Å². The van der Waals surface area contributed by atoms with Crippen molar-refractivity contribution >= 4 is 17.5 Å². The van der Waals surface area contributed by atoms with Gasteiger partial charge in [0.25, 0.3) is 0 Å². The van der Waals surface area contributed by atoms with Crippen LogP contribution in [-0.2, 0) is 0 Å². The topological polar surface area (TPSA) is 107 Å². The molecule has 0 bridgehead atoms. The molecule has 0 spiro atoms. The normalized spacial score (nSPS) is 10.9. The molecule has 2 aromatic rings. The number of nitrogens with zero attached hydrogens (tertiary/aromatic N) is 4. The van der Waals surface area contributed by atoms with Crippen LogP contribution >= 0.6 is 0 Å². The summed E-state index contributed by atoms with van der Waals surface area (Å²) in [6.45, 7) is 0. The van der Waals surface area contributed by atoms with E-state index in [4.69, 9.17) is 5.26 Å². The molecule has 0 aliphatic rings. The molecule has 2 N–H and O–H groups in total. The minimum Gasteiger partial charge on any atom is -0.357 e. The van der Waals surface area contributed by atoms with Gasteiger partial charge in [-0.3, -0.25) is 4.79 Å². The number of nitriles is 1. The monoisotopic (exact) mass is 276 g/mol. The van der Waals surface area contributed by atoms with Gasteiger partial charge in [-0.2, -0.15) is 10.5 Å². The molecule has 7 nitrogen and oxygen atoms in total. The van der Waals surface area contributed by atoms with Gasteiger partial charge in [0.1, 0.15) is 11.6 Å². The zero-order valence-corrected chi connectivity index (χ0v) is 9.76. The number of tetrazole rings is 1. The highest BCUT2D eigenvalue weighted by Crippen LogP contribution is 2.22. The molecule has 0 unspecified atom stereocenters. The predicted octanol–water partition coefficient (Wildman–Crippen LogP) is 1.27. The molecule has 2 rings (SSSR count). The third-order valence-corrected chi connectivity index (χ3v) is 2.32. The van der Waals surface area contributed by atoms with Crippen molar-refractivity contribution in [1.82, 2.24) is 20.6 Å². The highest BCUT2D eigenvalue weighted by atomic mass is 19.2. The smallest absolute Gasteiger partial charge is 0.216 e. The van der Waals surface area contributed by atoms with Crippen molar-refractivity contribution in [2.24, 2.45) is 0 Å². The van der Waals surface area contributed by atoms with Gasteiger partial charge in [-0.1, -0.05) is 0 Å². The van der Waals surface area contributed by atoms with Crippen LogP contribution in [-0.4, -0.2) is 26.9 Å². The number of hydrogen-bond acceptors (Lipinski definition) is 6. The number of aromatic amines is 1. The number of rotatable bonds is 4. The van der Waals surface area contributed by atoms with Gasteiger partial charge in [0.05, 0.1) is 5.69 Å². The summed E-state index contributed by atoms with van der Waals surface area (Å²) in [4.78, 5) is 10.8. The number of benzene rings is 1. The molecule has 1 heterocycles. The molecule has 0 amide bonds. The number of anilines is 1. The molecular weight excluding hydrogens is 270 g/mol. The molecule has 1 aromatic heterocycles. The van der Waals surface area contributed by atoms with Gasteiger partial charge >= 0.3 is 0 Å². The lowest BCUT2D eigenvalue weighted by atomic mass is 10.1. The average molecular weight is 276 g/mol. The number of hydrogen-bond donors (Lipinski definition) is 2. The van der Waals surface area contributed by atoms with Crippen LogP contribution in [0.2, 0.25) is 0 Å². The fraction of sp³-hybridized carbons (Fsp3) is 0. The lowest BCUT2D eigenvalue weighted by molar-refractivity contribution is 0.112. The fourth-order valence-electron chi connectivity index (χ4n) is 1.38. The molecule has 100 valence electrons. The Balaban J connectivity index is 2.38. The lowest BCUT2D eigenvalue weighted by Crippen LogP contribution is -2.01. The Morgan fingerprint density at radius 1 is 1.45 bits per heavy atom. The van der Waals surface area contributed by atoms with E-state index in [0.29, 0.717) is 6.29 Å². The van der Waals surface area contributed by atoms with E-state index in [1.807, 2.05) is 0 Å². The van der Waals surface area contributed by atoms with Crippen LogP contribution in [0.15, 0.2) is 18.3 Å². The molecule has 0 atom stereocenters. The quantitative estimate of drug-likeness (QED) is 0.643. The van der Waals surface area contributed by atoms with E-state index >= 15 is 0 Å². The van der Waals surface area contributed by atoms with Crippen molar-refractivity contribution in [2.75, 3.05) is 5.32 Å². The molecule has 9 heteroatoms. The minimum absolute atomic E-state index is 0.0236. The van der Waals surface area contributed by atoms with E-state index in [1.54, 1.807) is 6.07 Å². The molecule has 0 radical (unpaired) electrons. The maximum atomic E-state index is 13.6. The first-order valence-electron chi connectivity index (χ1n) is 5.21. The Hall–Kier alpha value is -3.15. The Bertz CT molecular complexity index is 704. The van der Waals surface area contributed by atoms with E-state index in [2.05, 4.69) is 25.9 Å². The molecule has 1 aromatic carbocycles. The number of aromatic nitrogens is 4. The van der Waals surface area contributed by atoms with Gasteiger partial charge in [0.2, 0.25) is 5.82 Å². The second-order valence-corrected chi connectivity index (χ2v) is 3.49. The first-order chi connectivity index (χ1) is 9.67. The average Bonchev–Trinajstić information content (AvgIpc) is 2.98. The highest BCUT2D eigenvalue weighted by Gasteiger charge is 2.13. The summed E-state index contributed by atoms with van der Waals surface area (Å²) in [6.07, 6.45) is 1.41. The molecule has 0 saturated carbocycles. The van der Waals surface area contributed by atoms with Crippen LogP contribution in [0, 0.1) is 23.0 Å². The number of nitrogens with one attached hydrogen (secondary N) is 2. The highest BCUT2D eigenvalue weighted by molar-refractivity contribution is 5.85. The third-order valence-electron chi connectivity index (χ3n) is 2.32. The van der Waals surface area contributed by atoms with E-state index in [0.717, 1.165) is 18.3 Å². The second kappa shape index (κ2) is 5.66. The van der Waals surface area contributed by atoms with Crippen molar-refractivity contribution in [2.45, 2.75) is 0 Å². The van der Waals surface area contributed by atoms with Gasteiger partial charge in [-0.15, -0.1) is 10.2 Å². The summed E-state index contributed by atoms with van der Waals surface area (Å²) in [5.74, 6) is -2.37. The van der Waals surface area contributed by atoms with Crippen molar-refractivity contribution < 1.29 is 13.6 Å². The van der Waals surface area contributed by atoms with E-state index in [1.165, 1.54) is 0 Å². The number of halogens is 2. The number of H-pyrrole nitrogens is 1. The van der Waals surface area contributed by atoms with Crippen LogP contribution in [0.3, 0.4) is 0 Å². The summed E-state index contributed by atoms with van der Waals surface area (Å²) < 4.78 is 26.7. The molecular formula is C11H6F2N6O. The molecule has 20 heavy (non-hydrogen) atoms. The van der Waals surface area contributed by atoms with Gasteiger partial charge in [0.15, 0.2) is 17.9 Å². The van der Waals surface area contributed by atoms with Crippen LogP contribution in [0.25, 0.3) is 5.57 Å². The first kappa shape index (κ1) is 13.3. The maximum absolute atomic E-state index is 13.6. The molecule has 0 aliphatic heterocycles. The van der Waals surface area contributed by atoms with Crippen molar-refractivity contribution in [1.29, 1.82) is 5.26 Å². The summed E-state index contributed by atoms with van der Waals surface area (Å²) in [6, 6.07) is 3.70. The summed E-state index contributed by atoms with van der Waals surface area (Å²) in [5, 5.41) is 23.8. The van der Waals surface area contributed by atoms with Crippen LogP contribution in [0.1, 0.15) is 16.2 Å². The van der Waals surface area contributed by atoms with Crippen LogP contribution in [0.5, 0.6) is 0 Å². The first-order valence-corrected chi connectivity index (χ1v) is 5.21. The second-order valence-electron chi connectivity index (χ2n) is 3.49. The molecule has 0 fully saturated rings. The van der Waals surface area contributed by atoms with Crippen LogP contribution in [0.4, 0.5) is 14.5 Å². The van der Waals surface area contributed by atoms with E-state index in [-0.39, 0.29) is 22.6 Å².